The summed E-state index contributed by atoms with van der Waals surface area (Å²) in [4.78, 5) is 28.1. The highest BCUT2D eigenvalue weighted by atomic mass is 79.9. The Hall–Kier alpha value is -1.20. The predicted octanol–water partition coefficient (Wildman–Crippen LogP) is 2.46. The van der Waals surface area contributed by atoms with Crippen molar-refractivity contribution in [1.29, 1.82) is 0 Å². The molecule has 2 heterocycles. The molecule has 1 saturated heterocycles. The highest BCUT2D eigenvalue weighted by molar-refractivity contribution is 9.10. The number of fused-ring (bicyclic) bond motifs is 1. The lowest BCUT2D eigenvalue weighted by Crippen LogP contribution is -2.40. The molecule has 0 saturated carbocycles. The topological polar surface area (TPSA) is 40.6 Å². The highest BCUT2D eigenvalue weighted by Crippen LogP contribution is 2.35. The molecule has 0 atom stereocenters. The van der Waals surface area contributed by atoms with Crippen molar-refractivity contribution < 1.29 is 9.59 Å². The van der Waals surface area contributed by atoms with Gasteiger partial charge in [0.15, 0.2) is 0 Å². The maximum absolute atomic E-state index is 12.1. The molecule has 0 aliphatic carbocycles. The number of hydrogen-bond donors (Lipinski definition) is 0. The van der Waals surface area contributed by atoms with Crippen molar-refractivity contribution in [1.82, 2.24) is 4.90 Å². The number of benzene rings is 1. The second-order valence-electron chi connectivity index (χ2n) is 5.32. The van der Waals surface area contributed by atoms with Crippen molar-refractivity contribution >= 4 is 33.3 Å². The number of piperidine rings is 1. The molecule has 4 nitrogen and oxygen atoms in total. The molecule has 2 aliphatic heterocycles. The minimum absolute atomic E-state index is 0.389. The van der Waals surface area contributed by atoms with Gasteiger partial charge < -0.3 is 9.80 Å². The van der Waals surface area contributed by atoms with Crippen molar-refractivity contribution in [3.05, 3.63) is 28.2 Å². The molecular formula is C15H17BrN2O2. The Kier molecular flexibility index (Phi) is 3.89. The van der Waals surface area contributed by atoms with Crippen LogP contribution in [-0.4, -0.2) is 42.8 Å². The molecule has 0 aromatic heterocycles. The van der Waals surface area contributed by atoms with Crippen LogP contribution in [0.2, 0.25) is 0 Å². The molecule has 1 fully saturated rings. The average Bonchev–Trinajstić information content (AvgIpc) is 2.72. The number of para-hydroxylation sites is 1. The van der Waals surface area contributed by atoms with Gasteiger partial charge in [0.1, 0.15) is 0 Å². The maximum atomic E-state index is 12.1. The summed E-state index contributed by atoms with van der Waals surface area (Å²) >= 11 is 3.45. The highest BCUT2D eigenvalue weighted by Gasteiger charge is 2.37. The van der Waals surface area contributed by atoms with E-state index in [-0.39, 0.29) is 5.78 Å². The number of hydrogen-bond acceptors (Lipinski definition) is 3. The molecule has 1 amide bonds. The first kappa shape index (κ1) is 13.8. The van der Waals surface area contributed by atoms with E-state index in [1.54, 1.807) is 17.0 Å². The SMILES string of the molecule is O=C1C(=O)N(CCN2CCCCC2)c2c(Br)cccc21. The lowest BCUT2D eigenvalue weighted by molar-refractivity contribution is -0.114. The lowest BCUT2D eigenvalue weighted by atomic mass is 10.1. The zero-order valence-corrected chi connectivity index (χ0v) is 12.9. The Morgan fingerprint density at radius 2 is 1.80 bits per heavy atom. The van der Waals surface area contributed by atoms with E-state index in [2.05, 4.69) is 20.8 Å². The van der Waals surface area contributed by atoms with E-state index < -0.39 is 5.91 Å². The van der Waals surface area contributed by atoms with Gasteiger partial charge in [0.05, 0.1) is 11.3 Å². The van der Waals surface area contributed by atoms with Crippen LogP contribution in [0, 0.1) is 0 Å². The Morgan fingerprint density at radius 1 is 1.05 bits per heavy atom. The van der Waals surface area contributed by atoms with Crippen LogP contribution in [0.15, 0.2) is 22.7 Å². The van der Waals surface area contributed by atoms with E-state index in [0.717, 1.165) is 29.8 Å². The number of Topliss-reactive ketones (excluding diaryl/α,β-unsaturated/α-hetero) is 1. The van der Waals surface area contributed by atoms with Gasteiger partial charge in [0.25, 0.3) is 11.7 Å². The zero-order chi connectivity index (χ0) is 14.1. The molecule has 1 aromatic rings. The molecule has 20 heavy (non-hydrogen) atoms. The normalized spacial score (nSPS) is 19.6. The summed E-state index contributed by atoms with van der Waals surface area (Å²) in [6.07, 6.45) is 3.76. The summed E-state index contributed by atoms with van der Waals surface area (Å²) in [6.45, 7) is 3.61. The quantitative estimate of drug-likeness (QED) is 0.796. The number of rotatable bonds is 3. The number of likely N-dealkylation sites (tertiary alicyclic amines) is 1. The van der Waals surface area contributed by atoms with E-state index in [1.165, 1.54) is 19.3 Å². The summed E-state index contributed by atoms with van der Waals surface area (Å²) in [7, 11) is 0. The molecule has 1 aromatic carbocycles. The fourth-order valence-corrected chi connectivity index (χ4v) is 3.53. The van der Waals surface area contributed by atoms with Crippen LogP contribution in [0.5, 0.6) is 0 Å². The molecule has 0 unspecified atom stereocenters. The Morgan fingerprint density at radius 3 is 2.55 bits per heavy atom. The third-order valence-electron chi connectivity index (χ3n) is 4.03. The Bertz CT molecular complexity index is 553. The minimum Gasteiger partial charge on any atom is -0.302 e. The van der Waals surface area contributed by atoms with Crippen LogP contribution in [0.3, 0.4) is 0 Å². The summed E-state index contributed by atoms with van der Waals surface area (Å²) in [5.41, 5.74) is 1.25. The number of amides is 1. The molecule has 0 bridgehead atoms. The summed E-state index contributed by atoms with van der Waals surface area (Å²) in [5.74, 6) is -0.788. The van der Waals surface area contributed by atoms with Crippen molar-refractivity contribution in [3.8, 4) is 0 Å². The fourth-order valence-electron chi connectivity index (χ4n) is 2.95. The van der Waals surface area contributed by atoms with Gasteiger partial charge in [0, 0.05) is 17.6 Å². The van der Waals surface area contributed by atoms with Gasteiger partial charge in [-0.05, 0) is 54.0 Å². The first-order valence-corrected chi connectivity index (χ1v) is 7.85. The monoisotopic (exact) mass is 336 g/mol. The van der Waals surface area contributed by atoms with Crippen molar-refractivity contribution in [2.24, 2.45) is 0 Å². The third-order valence-corrected chi connectivity index (χ3v) is 4.67. The summed E-state index contributed by atoms with van der Waals surface area (Å²) in [6, 6.07) is 5.39. The standard InChI is InChI=1S/C15H17BrN2O2/c16-12-6-4-5-11-13(12)18(15(20)14(11)19)10-9-17-7-2-1-3-8-17/h4-6H,1-3,7-10H2. The van der Waals surface area contributed by atoms with Crippen LogP contribution < -0.4 is 4.90 Å². The summed E-state index contributed by atoms with van der Waals surface area (Å²) < 4.78 is 0.813. The summed E-state index contributed by atoms with van der Waals surface area (Å²) in [5, 5.41) is 0. The molecule has 2 aliphatic rings. The molecule has 3 rings (SSSR count). The number of nitrogens with zero attached hydrogens (tertiary/aromatic N) is 2. The Labute approximate surface area is 126 Å². The van der Waals surface area contributed by atoms with Gasteiger partial charge in [-0.2, -0.15) is 0 Å². The van der Waals surface area contributed by atoms with E-state index >= 15 is 0 Å². The minimum atomic E-state index is -0.399. The van der Waals surface area contributed by atoms with Gasteiger partial charge in [-0.1, -0.05) is 12.5 Å². The lowest BCUT2D eigenvalue weighted by Gasteiger charge is -2.28. The molecule has 0 N–H and O–H groups in total. The number of ketones is 1. The van der Waals surface area contributed by atoms with Gasteiger partial charge in [0.2, 0.25) is 0 Å². The van der Waals surface area contributed by atoms with Crippen LogP contribution in [0.25, 0.3) is 0 Å². The van der Waals surface area contributed by atoms with Crippen molar-refractivity contribution in [3.63, 3.8) is 0 Å². The van der Waals surface area contributed by atoms with Gasteiger partial charge in [-0.3, -0.25) is 9.59 Å². The van der Waals surface area contributed by atoms with E-state index in [1.807, 2.05) is 6.07 Å². The molecular weight excluding hydrogens is 320 g/mol. The number of halogens is 1. The van der Waals surface area contributed by atoms with Crippen molar-refractivity contribution in [2.45, 2.75) is 19.3 Å². The molecule has 5 heteroatoms. The number of carbonyl (C=O) groups excluding carboxylic acids is 2. The fraction of sp³-hybridized carbons (Fsp3) is 0.467. The number of carbonyl (C=O) groups is 2. The van der Waals surface area contributed by atoms with Gasteiger partial charge >= 0.3 is 0 Å². The third kappa shape index (κ3) is 2.40. The van der Waals surface area contributed by atoms with Gasteiger partial charge in [-0.25, -0.2) is 0 Å². The second-order valence-corrected chi connectivity index (χ2v) is 6.18. The zero-order valence-electron chi connectivity index (χ0n) is 11.3. The van der Waals surface area contributed by atoms with Gasteiger partial charge in [-0.15, -0.1) is 0 Å². The van der Waals surface area contributed by atoms with Crippen LogP contribution in [0.1, 0.15) is 29.6 Å². The molecule has 106 valence electrons. The van der Waals surface area contributed by atoms with Crippen LogP contribution in [0.4, 0.5) is 5.69 Å². The molecule has 0 radical (unpaired) electrons. The first-order valence-electron chi connectivity index (χ1n) is 7.05. The molecule has 0 spiro atoms. The van der Waals surface area contributed by atoms with E-state index in [9.17, 15) is 9.59 Å². The largest absolute Gasteiger partial charge is 0.302 e. The average molecular weight is 337 g/mol. The smallest absolute Gasteiger partial charge is 0.299 e. The maximum Gasteiger partial charge on any atom is 0.299 e. The first-order chi connectivity index (χ1) is 9.68. The van der Waals surface area contributed by atoms with Crippen molar-refractivity contribution in [2.75, 3.05) is 31.1 Å². The van der Waals surface area contributed by atoms with E-state index in [0.29, 0.717) is 12.1 Å². The van der Waals surface area contributed by atoms with E-state index in [4.69, 9.17) is 0 Å². The number of anilines is 1. The Balaban J connectivity index is 1.77. The van der Waals surface area contributed by atoms with Crippen LogP contribution >= 0.6 is 15.9 Å². The van der Waals surface area contributed by atoms with Crippen LogP contribution in [-0.2, 0) is 4.79 Å². The predicted molar refractivity (Wildman–Crippen MR) is 81.1 cm³/mol. The second kappa shape index (κ2) is 5.66.